The number of benzene rings is 3. The van der Waals surface area contributed by atoms with Gasteiger partial charge in [0.2, 0.25) is 0 Å². The first-order valence-corrected chi connectivity index (χ1v) is 14.0. The first kappa shape index (κ1) is 25.2. The highest BCUT2D eigenvalue weighted by Crippen LogP contribution is 2.56. The van der Waals surface area contributed by atoms with E-state index in [2.05, 4.69) is 50.2 Å². The van der Waals surface area contributed by atoms with Gasteiger partial charge in [-0.1, -0.05) is 44.5 Å². The third-order valence-corrected chi connectivity index (χ3v) is 9.85. The van der Waals surface area contributed by atoms with Crippen LogP contribution in [0.2, 0.25) is 0 Å². The van der Waals surface area contributed by atoms with Crippen molar-refractivity contribution >= 4 is 6.29 Å². The molecular weight excluding hydrogens is 475 g/mol. The van der Waals surface area contributed by atoms with Crippen LogP contribution in [0.25, 0.3) is 11.1 Å². The average molecular weight is 513 g/mol. The first-order valence-electron chi connectivity index (χ1n) is 14.0. The summed E-state index contributed by atoms with van der Waals surface area (Å²) >= 11 is 0. The monoisotopic (exact) mass is 512 g/mol. The molecular formula is C34H37FO3. The van der Waals surface area contributed by atoms with Crippen molar-refractivity contribution < 1.29 is 18.7 Å². The summed E-state index contributed by atoms with van der Waals surface area (Å²) in [5, 5.41) is 0. The number of halogens is 1. The number of hydrogen-bond acceptors (Lipinski definition) is 3. The fourth-order valence-corrected chi connectivity index (χ4v) is 7.47. The number of carbonyl (C=O) groups excluding carboxylic acids is 1. The summed E-state index contributed by atoms with van der Waals surface area (Å²) in [5.74, 6) is 1.77. The Hall–Kier alpha value is -3.14. The number of fused-ring (bicyclic) bond motifs is 2. The van der Waals surface area contributed by atoms with E-state index in [1.54, 1.807) is 19.2 Å². The molecule has 0 unspecified atom stereocenters. The zero-order valence-electron chi connectivity index (χ0n) is 22.7. The Morgan fingerprint density at radius 2 is 1.79 bits per heavy atom. The molecule has 6 rings (SSSR count). The summed E-state index contributed by atoms with van der Waals surface area (Å²) in [7, 11) is 1.61. The van der Waals surface area contributed by atoms with Gasteiger partial charge in [-0.2, -0.15) is 0 Å². The molecule has 3 aliphatic carbocycles. The van der Waals surface area contributed by atoms with Crippen LogP contribution >= 0.6 is 0 Å². The fourth-order valence-electron chi connectivity index (χ4n) is 7.47. The SMILES string of the molecule is COc1ccc(F)c(-c2ccc(COc3ccc4c(c3)[C@@]3(CC4)CC[C@@H]3C=O)cc2[C@@H]2CCCC2(C)C)c1. The highest BCUT2D eigenvalue weighted by molar-refractivity contribution is 5.71. The molecule has 3 atom stereocenters. The quantitative estimate of drug-likeness (QED) is 0.300. The molecule has 0 bridgehead atoms. The minimum Gasteiger partial charge on any atom is -0.497 e. The van der Waals surface area contributed by atoms with Crippen molar-refractivity contribution in [2.45, 2.75) is 76.7 Å². The van der Waals surface area contributed by atoms with Crippen LogP contribution in [0, 0.1) is 17.2 Å². The molecule has 0 saturated heterocycles. The maximum absolute atomic E-state index is 15.1. The van der Waals surface area contributed by atoms with E-state index in [9.17, 15) is 4.79 Å². The van der Waals surface area contributed by atoms with Gasteiger partial charge in [-0.25, -0.2) is 4.39 Å². The van der Waals surface area contributed by atoms with E-state index in [4.69, 9.17) is 9.47 Å². The second-order valence-electron chi connectivity index (χ2n) is 12.2. The third-order valence-electron chi connectivity index (χ3n) is 9.85. The van der Waals surface area contributed by atoms with Crippen molar-refractivity contribution in [2.24, 2.45) is 11.3 Å². The number of rotatable bonds is 7. The number of aryl methyl sites for hydroxylation is 1. The standard InChI is InChI=1S/C34H37FO3/c1-33(2)14-4-5-30(33)28-17-22(6-10-27(28)29-18-25(37-3)9-11-32(29)35)21-38-26-8-7-23-12-15-34(31(23)19-26)16-13-24(34)20-36/h6-11,17-20,24,30H,4-5,12-16,21H2,1-3H3/t24-,30+,34+/m1/s1. The predicted octanol–water partition coefficient (Wildman–Crippen LogP) is 8.17. The largest absolute Gasteiger partial charge is 0.497 e. The molecule has 38 heavy (non-hydrogen) atoms. The lowest BCUT2D eigenvalue weighted by molar-refractivity contribution is -0.116. The Morgan fingerprint density at radius 1 is 0.947 bits per heavy atom. The molecule has 3 aromatic carbocycles. The van der Waals surface area contributed by atoms with Crippen LogP contribution in [0.5, 0.6) is 11.5 Å². The Morgan fingerprint density at radius 3 is 2.50 bits per heavy atom. The Bertz CT molecular complexity index is 1380. The lowest BCUT2D eigenvalue weighted by Crippen LogP contribution is -2.43. The van der Waals surface area contributed by atoms with Gasteiger partial charge >= 0.3 is 0 Å². The van der Waals surface area contributed by atoms with Gasteiger partial charge in [0.05, 0.1) is 7.11 Å². The van der Waals surface area contributed by atoms with E-state index in [-0.39, 0.29) is 22.6 Å². The van der Waals surface area contributed by atoms with E-state index in [1.807, 2.05) is 0 Å². The zero-order valence-corrected chi connectivity index (χ0v) is 22.7. The van der Waals surface area contributed by atoms with Crippen molar-refractivity contribution in [2.75, 3.05) is 7.11 Å². The molecule has 0 amide bonds. The molecule has 0 N–H and O–H groups in total. The van der Waals surface area contributed by atoms with Gasteiger partial charge in [-0.05, 0) is 108 Å². The van der Waals surface area contributed by atoms with Gasteiger partial charge < -0.3 is 14.3 Å². The lowest BCUT2D eigenvalue weighted by Gasteiger charge is -2.45. The number of aldehydes is 1. The van der Waals surface area contributed by atoms with Gasteiger partial charge in [0.15, 0.2) is 0 Å². The van der Waals surface area contributed by atoms with Gasteiger partial charge in [0.25, 0.3) is 0 Å². The molecule has 4 heteroatoms. The topological polar surface area (TPSA) is 35.5 Å². The Kier molecular flexibility index (Phi) is 6.32. The highest BCUT2D eigenvalue weighted by atomic mass is 19.1. The van der Waals surface area contributed by atoms with Crippen molar-refractivity contribution in [3.05, 3.63) is 82.7 Å². The minimum absolute atomic E-state index is 0.0279. The maximum Gasteiger partial charge on any atom is 0.131 e. The Labute approximate surface area is 225 Å². The van der Waals surface area contributed by atoms with Crippen LogP contribution in [0.4, 0.5) is 4.39 Å². The fraction of sp³-hybridized carbons (Fsp3) is 0.441. The summed E-state index contributed by atoms with van der Waals surface area (Å²) in [6.07, 6.45) is 8.80. The zero-order chi connectivity index (χ0) is 26.5. The number of methoxy groups -OCH3 is 1. The molecule has 2 fully saturated rings. The van der Waals surface area contributed by atoms with E-state index in [1.165, 1.54) is 29.2 Å². The van der Waals surface area contributed by atoms with E-state index < -0.39 is 0 Å². The molecule has 3 aliphatic rings. The van der Waals surface area contributed by atoms with Gasteiger partial charge in [0.1, 0.15) is 30.2 Å². The van der Waals surface area contributed by atoms with Gasteiger partial charge in [-0.3, -0.25) is 0 Å². The molecule has 3 nitrogen and oxygen atoms in total. The van der Waals surface area contributed by atoms with Crippen LogP contribution in [0.3, 0.4) is 0 Å². The van der Waals surface area contributed by atoms with E-state index in [0.717, 1.165) is 61.7 Å². The van der Waals surface area contributed by atoms with Crippen molar-refractivity contribution in [3.63, 3.8) is 0 Å². The van der Waals surface area contributed by atoms with Gasteiger partial charge in [0, 0.05) is 16.9 Å². The summed E-state index contributed by atoms with van der Waals surface area (Å²) in [5.41, 5.74) is 6.65. The van der Waals surface area contributed by atoms with E-state index >= 15 is 4.39 Å². The van der Waals surface area contributed by atoms with Crippen LogP contribution in [0.1, 0.15) is 80.5 Å². The number of hydrogen-bond donors (Lipinski definition) is 0. The number of ether oxygens (including phenoxy) is 2. The molecule has 1 spiro atoms. The average Bonchev–Trinajstić information content (AvgIpc) is 3.48. The maximum atomic E-state index is 15.1. The van der Waals surface area contributed by atoms with Crippen LogP contribution < -0.4 is 9.47 Å². The van der Waals surface area contributed by atoms with Crippen molar-refractivity contribution in [3.8, 4) is 22.6 Å². The molecule has 0 radical (unpaired) electrons. The molecule has 0 heterocycles. The second kappa shape index (κ2) is 9.55. The summed E-state index contributed by atoms with van der Waals surface area (Å²) in [6.45, 7) is 5.10. The normalized spacial score (nSPS) is 25.2. The molecule has 0 aromatic heterocycles. The van der Waals surface area contributed by atoms with Crippen LogP contribution in [0.15, 0.2) is 54.6 Å². The first-order chi connectivity index (χ1) is 18.3. The second-order valence-corrected chi connectivity index (χ2v) is 12.2. The number of carbonyl (C=O) groups is 1. The summed E-state index contributed by atoms with van der Waals surface area (Å²) < 4.78 is 26.8. The summed E-state index contributed by atoms with van der Waals surface area (Å²) in [6, 6.07) is 17.7. The van der Waals surface area contributed by atoms with Crippen molar-refractivity contribution in [1.82, 2.24) is 0 Å². The smallest absolute Gasteiger partial charge is 0.131 e. The van der Waals surface area contributed by atoms with Crippen molar-refractivity contribution in [1.29, 1.82) is 0 Å². The minimum atomic E-state index is -0.233. The van der Waals surface area contributed by atoms with Crippen LogP contribution in [-0.2, 0) is 23.2 Å². The molecule has 198 valence electrons. The molecule has 2 saturated carbocycles. The molecule has 0 aliphatic heterocycles. The van der Waals surface area contributed by atoms with Gasteiger partial charge in [-0.15, -0.1) is 0 Å². The Balaban J connectivity index is 1.31. The van der Waals surface area contributed by atoms with Crippen LogP contribution in [-0.4, -0.2) is 13.4 Å². The molecule has 3 aromatic rings. The summed E-state index contributed by atoms with van der Waals surface area (Å²) in [4.78, 5) is 11.7. The third kappa shape index (κ3) is 4.13. The lowest BCUT2D eigenvalue weighted by atomic mass is 9.58. The predicted molar refractivity (Wildman–Crippen MR) is 148 cm³/mol. The van der Waals surface area contributed by atoms with E-state index in [0.29, 0.717) is 23.8 Å². The highest BCUT2D eigenvalue weighted by Gasteiger charge is 2.51.